The monoisotopic (exact) mass is 780 g/mol. The van der Waals surface area contributed by atoms with Gasteiger partial charge in [0.1, 0.15) is 22.3 Å². The van der Waals surface area contributed by atoms with E-state index < -0.39 is 0 Å². The van der Waals surface area contributed by atoms with Crippen molar-refractivity contribution in [2.45, 2.75) is 0 Å². The molecule has 0 unspecified atom stereocenters. The number of aromatic nitrogens is 4. The van der Waals surface area contributed by atoms with Crippen LogP contribution < -0.4 is 0 Å². The van der Waals surface area contributed by atoms with Crippen molar-refractivity contribution < 1.29 is 8.83 Å². The highest BCUT2D eigenvalue weighted by Gasteiger charge is 2.23. The number of hydrogen-bond acceptors (Lipinski definition) is 5. The van der Waals surface area contributed by atoms with Gasteiger partial charge in [0.25, 0.3) is 0 Å². The molecule has 61 heavy (non-hydrogen) atoms. The number of furan rings is 2. The molecule has 0 saturated heterocycles. The van der Waals surface area contributed by atoms with Gasteiger partial charge >= 0.3 is 0 Å². The van der Waals surface area contributed by atoms with E-state index in [1.54, 1.807) is 0 Å². The molecule has 0 fully saturated rings. The fraction of sp³-hybridized carbons (Fsp3) is 0. The first-order valence-corrected chi connectivity index (χ1v) is 20.4. The molecule has 0 aliphatic heterocycles. The second kappa shape index (κ2) is 13.1. The first-order chi connectivity index (χ1) is 30.2. The number of hydrogen-bond donors (Lipinski definition) is 0. The van der Waals surface area contributed by atoms with Gasteiger partial charge in [-0.3, -0.25) is 0 Å². The number of rotatable bonds is 5. The predicted octanol–water partition coefficient (Wildman–Crippen LogP) is 14.6. The normalized spacial score (nSPS) is 11.9. The quantitative estimate of drug-likeness (QED) is 0.174. The minimum absolute atomic E-state index is 0.545. The summed E-state index contributed by atoms with van der Waals surface area (Å²) in [5, 5.41) is 8.81. The Labute approximate surface area is 348 Å². The molecule has 4 heterocycles. The summed E-state index contributed by atoms with van der Waals surface area (Å²) < 4.78 is 15.3. The van der Waals surface area contributed by atoms with E-state index in [0.717, 1.165) is 99.2 Å². The van der Waals surface area contributed by atoms with Crippen LogP contribution >= 0.6 is 0 Å². The summed E-state index contributed by atoms with van der Waals surface area (Å²) in [7, 11) is 0. The molecule has 9 aromatic carbocycles. The smallest absolute Gasteiger partial charge is 0.166 e. The van der Waals surface area contributed by atoms with Gasteiger partial charge in [0.05, 0.1) is 16.7 Å². The first kappa shape index (κ1) is 33.6. The van der Waals surface area contributed by atoms with Crippen molar-refractivity contribution in [2.24, 2.45) is 0 Å². The first-order valence-electron chi connectivity index (χ1n) is 20.4. The fourth-order valence-electron chi connectivity index (χ4n) is 9.13. The summed E-state index contributed by atoms with van der Waals surface area (Å²) >= 11 is 0. The third kappa shape index (κ3) is 5.32. The molecular formula is C55H32N4O2. The summed E-state index contributed by atoms with van der Waals surface area (Å²) in [4.78, 5) is 16.0. The van der Waals surface area contributed by atoms with Crippen molar-refractivity contribution in [2.75, 3.05) is 0 Å². The second-order valence-corrected chi connectivity index (χ2v) is 15.6. The minimum Gasteiger partial charge on any atom is -0.456 e. The SMILES string of the molecule is c1ccc(-c2cccc(-c3nc(-c4ccc5c(c4)oc4ccccc45)nc(-c4cc5c(cc4-n4c6ccccc6c6cc7ccccc7cc64)oc4ccccc45)n3)c2)cc1. The molecule has 284 valence electrons. The second-order valence-electron chi connectivity index (χ2n) is 15.6. The average molecular weight is 781 g/mol. The zero-order valence-electron chi connectivity index (χ0n) is 32.6. The Morgan fingerprint density at radius 2 is 0.885 bits per heavy atom. The molecule has 0 bridgehead atoms. The van der Waals surface area contributed by atoms with Crippen LogP contribution in [-0.2, 0) is 0 Å². The zero-order chi connectivity index (χ0) is 40.0. The van der Waals surface area contributed by atoms with Crippen LogP contribution in [0.1, 0.15) is 0 Å². The van der Waals surface area contributed by atoms with Gasteiger partial charge in [0.15, 0.2) is 17.5 Å². The van der Waals surface area contributed by atoms with E-state index >= 15 is 0 Å². The van der Waals surface area contributed by atoms with Gasteiger partial charge in [-0.2, -0.15) is 0 Å². The van der Waals surface area contributed by atoms with Gasteiger partial charge in [-0.1, -0.05) is 133 Å². The maximum absolute atomic E-state index is 6.61. The highest BCUT2D eigenvalue weighted by Crippen LogP contribution is 2.42. The minimum atomic E-state index is 0.545. The van der Waals surface area contributed by atoms with E-state index in [2.05, 4.69) is 156 Å². The van der Waals surface area contributed by atoms with Crippen molar-refractivity contribution in [3.63, 3.8) is 0 Å². The Hall–Kier alpha value is -8.35. The lowest BCUT2D eigenvalue weighted by Crippen LogP contribution is -2.04. The van der Waals surface area contributed by atoms with E-state index in [0.29, 0.717) is 17.5 Å². The van der Waals surface area contributed by atoms with Gasteiger partial charge in [-0.15, -0.1) is 0 Å². The number of nitrogens with zero attached hydrogens (tertiary/aromatic N) is 4. The molecule has 13 aromatic rings. The Balaban J connectivity index is 1.12. The van der Waals surface area contributed by atoms with Gasteiger partial charge in [-0.05, 0) is 76.5 Å². The van der Waals surface area contributed by atoms with Crippen LogP contribution in [0.5, 0.6) is 0 Å². The van der Waals surface area contributed by atoms with Crippen LogP contribution in [-0.4, -0.2) is 19.5 Å². The summed E-state index contributed by atoms with van der Waals surface area (Å²) in [6.07, 6.45) is 0. The molecule has 13 rings (SSSR count). The number of benzene rings is 9. The predicted molar refractivity (Wildman–Crippen MR) is 248 cm³/mol. The summed E-state index contributed by atoms with van der Waals surface area (Å²) in [6, 6.07) is 67.5. The number of para-hydroxylation sites is 3. The highest BCUT2D eigenvalue weighted by molar-refractivity contribution is 6.15. The van der Waals surface area contributed by atoms with Crippen molar-refractivity contribution in [3.05, 3.63) is 194 Å². The van der Waals surface area contributed by atoms with Crippen LogP contribution in [0.4, 0.5) is 0 Å². The zero-order valence-corrected chi connectivity index (χ0v) is 32.6. The maximum Gasteiger partial charge on any atom is 0.166 e. The summed E-state index contributed by atoms with van der Waals surface area (Å²) in [5.74, 6) is 1.66. The van der Waals surface area contributed by atoms with E-state index in [9.17, 15) is 0 Å². The Morgan fingerprint density at radius 3 is 1.67 bits per heavy atom. The van der Waals surface area contributed by atoms with Crippen LogP contribution in [0.25, 0.3) is 127 Å². The van der Waals surface area contributed by atoms with Crippen molar-refractivity contribution >= 4 is 76.5 Å². The van der Waals surface area contributed by atoms with E-state index in [-0.39, 0.29) is 0 Å². The van der Waals surface area contributed by atoms with E-state index in [1.807, 2.05) is 42.5 Å². The summed E-state index contributed by atoms with van der Waals surface area (Å²) in [5.41, 5.74) is 11.0. The Kier molecular flexibility index (Phi) is 7.21. The van der Waals surface area contributed by atoms with Crippen molar-refractivity contribution in [1.29, 1.82) is 0 Å². The fourth-order valence-corrected chi connectivity index (χ4v) is 9.13. The molecule has 0 atom stereocenters. The highest BCUT2D eigenvalue weighted by atomic mass is 16.3. The lowest BCUT2D eigenvalue weighted by Gasteiger charge is -2.15. The topological polar surface area (TPSA) is 69.9 Å². The van der Waals surface area contributed by atoms with Crippen LogP contribution in [0.2, 0.25) is 0 Å². The molecule has 4 aromatic heterocycles. The lowest BCUT2D eigenvalue weighted by molar-refractivity contribution is 0.668. The molecule has 0 aliphatic rings. The van der Waals surface area contributed by atoms with Gasteiger partial charge in [0.2, 0.25) is 0 Å². The third-order valence-corrected chi connectivity index (χ3v) is 12.0. The molecule has 0 spiro atoms. The molecule has 0 aliphatic carbocycles. The Bertz CT molecular complexity index is 3900. The van der Waals surface area contributed by atoms with Crippen LogP contribution in [0.15, 0.2) is 203 Å². The molecule has 0 saturated carbocycles. The lowest BCUT2D eigenvalue weighted by atomic mass is 10.0. The van der Waals surface area contributed by atoms with Crippen LogP contribution in [0.3, 0.4) is 0 Å². The van der Waals surface area contributed by atoms with Crippen molar-refractivity contribution in [3.8, 4) is 51.0 Å². The standard InChI is InChI=1S/C55H32N4O2/c1-2-13-33(14-3-1)34-17-12-18-37(27-34)53-56-54(38-25-26-42-40-20-7-10-23-49(40)60-51(42)30-38)58-55(57-53)45-31-44-41-21-8-11-24-50(41)61-52(44)32-48(45)59-46-22-9-6-19-39(46)43-28-35-15-4-5-16-36(35)29-47(43)59/h1-32H. The largest absolute Gasteiger partial charge is 0.456 e. The van der Waals surface area contributed by atoms with Gasteiger partial charge in [0, 0.05) is 55.1 Å². The third-order valence-electron chi connectivity index (χ3n) is 12.0. The number of fused-ring (bicyclic) bond motifs is 10. The van der Waals surface area contributed by atoms with E-state index in [1.165, 1.54) is 10.8 Å². The molecule has 0 N–H and O–H groups in total. The van der Waals surface area contributed by atoms with Crippen LogP contribution in [0, 0.1) is 0 Å². The molecule has 6 nitrogen and oxygen atoms in total. The Morgan fingerprint density at radius 1 is 0.311 bits per heavy atom. The molecule has 0 radical (unpaired) electrons. The summed E-state index contributed by atoms with van der Waals surface area (Å²) in [6.45, 7) is 0. The average Bonchev–Trinajstić information content (AvgIpc) is 3.99. The molecule has 0 amide bonds. The van der Waals surface area contributed by atoms with Gasteiger partial charge in [-0.25, -0.2) is 15.0 Å². The van der Waals surface area contributed by atoms with E-state index in [4.69, 9.17) is 23.8 Å². The van der Waals surface area contributed by atoms with Crippen molar-refractivity contribution in [1.82, 2.24) is 19.5 Å². The maximum atomic E-state index is 6.61. The molecular weight excluding hydrogens is 749 g/mol. The molecule has 6 heteroatoms. The van der Waals surface area contributed by atoms with Gasteiger partial charge < -0.3 is 13.4 Å².